The van der Waals surface area contributed by atoms with Crippen LogP contribution in [0.15, 0.2) is 0 Å². The third-order valence-corrected chi connectivity index (χ3v) is 16.4. The molecule has 0 fully saturated rings. The molecule has 0 aliphatic carbocycles. The predicted molar refractivity (Wildman–Crippen MR) is 321 cm³/mol. The lowest BCUT2D eigenvalue weighted by Gasteiger charge is -2.21. The molecule has 0 aromatic heterocycles. The molecule has 19 heteroatoms. The number of ether oxygens (including phenoxy) is 4. The summed E-state index contributed by atoms with van der Waals surface area (Å²) in [6, 6.07) is 0. The van der Waals surface area contributed by atoms with E-state index in [1.54, 1.807) is 0 Å². The Kier molecular flexibility index (Phi) is 52.2. The Morgan fingerprint density at radius 2 is 0.630 bits per heavy atom. The molecule has 0 saturated carbocycles. The van der Waals surface area contributed by atoms with Crippen molar-refractivity contribution in [1.82, 2.24) is 0 Å². The van der Waals surface area contributed by atoms with E-state index in [1.807, 2.05) is 0 Å². The normalized spacial score (nSPS) is 14.8. The Labute approximate surface area is 492 Å². The zero-order chi connectivity index (χ0) is 60.3. The predicted octanol–water partition coefficient (Wildman–Crippen LogP) is 16.7. The number of carbonyl (C=O) groups is 4. The summed E-state index contributed by atoms with van der Waals surface area (Å²) in [5.41, 5.74) is 0. The van der Waals surface area contributed by atoms with Gasteiger partial charge in [0.15, 0.2) is 12.2 Å². The van der Waals surface area contributed by atoms with Crippen LogP contribution in [0.3, 0.4) is 0 Å². The molecule has 0 amide bonds. The summed E-state index contributed by atoms with van der Waals surface area (Å²) in [7, 11) is -9.88. The largest absolute Gasteiger partial charge is 0.472 e. The summed E-state index contributed by atoms with van der Waals surface area (Å²) in [4.78, 5) is 72.0. The average Bonchev–Trinajstić information content (AvgIpc) is 3.42. The van der Waals surface area contributed by atoms with Gasteiger partial charge in [-0.1, -0.05) is 248 Å². The molecule has 3 unspecified atom stereocenters. The second-order valence-corrected chi connectivity index (χ2v) is 26.5. The second kappa shape index (κ2) is 53.5. The number of esters is 4. The summed E-state index contributed by atoms with van der Waals surface area (Å²) in [6.07, 6.45) is 33.7. The van der Waals surface area contributed by atoms with Crippen molar-refractivity contribution < 1.29 is 80.2 Å². The highest BCUT2D eigenvalue weighted by Crippen LogP contribution is 2.45. The Balaban J connectivity index is 5.25. The lowest BCUT2D eigenvalue weighted by Crippen LogP contribution is -2.30. The van der Waals surface area contributed by atoms with Crippen LogP contribution in [-0.2, 0) is 65.4 Å². The third kappa shape index (κ3) is 55.7. The van der Waals surface area contributed by atoms with Crippen LogP contribution in [0.1, 0.15) is 299 Å². The van der Waals surface area contributed by atoms with Gasteiger partial charge in [0.2, 0.25) is 0 Å². The van der Waals surface area contributed by atoms with Crippen molar-refractivity contribution in [2.45, 2.75) is 317 Å². The van der Waals surface area contributed by atoms with E-state index in [9.17, 15) is 43.2 Å². The van der Waals surface area contributed by atoms with Gasteiger partial charge in [0.1, 0.15) is 19.3 Å². The summed E-state index contributed by atoms with van der Waals surface area (Å²) < 4.78 is 67.8. The SMILES string of the molecule is CCCCCCCCCCCCCC(=O)OC[C@H](COP(=O)(O)OC[C@@H](O)COP(=O)(O)OC[C@@H](COC(=O)CCCCCCCCC(C)C)OC(=O)CCCCCCCCC(C)C)OC(=O)CCCCCCCCCCC(C)CC. The van der Waals surface area contributed by atoms with Crippen LogP contribution in [-0.4, -0.2) is 96.7 Å². The van der Waals surface area contributed by atoms with Crippen LogP contribution in [0.5, 0.6) is 0 Å². The number of rotatable bonds is 60. The van der Waals surface area contributed by atoms with Crippen LogP contribution >= 0.6 is 15.6 Å². The van der Waals surface area contributed by atoms with Gasteiger partial charge in [0.25, 0.3) is 0 Å². The van der Waals surface area contributed by atoms with Crippen molar-refractivity contribution in [3.8, 4) is 0 Å². The van der Waals surface area contributed by atoms with Crippen molar-refractivity contribution in [3.05, 3.63) is 0 Å². The fraction of sp³-hybridized carbons (Fsp3) is 0.935. The van der Waals surface area contributed by atoms with Gasteiger partial charge < -0.3 is 33.8 Å². The van der Waals surface area contributed by atoms with Gasteiger partial charge in [0.05, 0.1) is 26.4 Å². The van der Waals surface area contributed by atoms with Gasteiger partial charge >= 0.3 is 39.5 Å². The number of aliphatic hydroxyl groups excluding tert-OH is 1. The van der Waals surface area contributed by atoms with E-state index in [0.717, 1.165) is 102 Å². The molecule has 0 spiro atoms. The molecule has 0 rings (SSSR count). The van der Waals surface area contributed by atoms with Gasteiger partial charge in [-0.15, -0.1) is 0 Å². The van der Waals surface area contributed by atoms with E-state index in [2.05, 4.69) is 48.5 Å². The molecule has 0 aromatic carbocycles. The van der Waals surface area contributed by atoms with Crippen LogP contribution in [0.25, 0.3) is 0 Å². The molecule has 0 bridgehead atoms. The fourth-order valence-electron chi connectivity index (χ4n) is 9.09. The maximum Gasteiger partial charge on any atom is 0.472 e. The highest BCUT2D eigenvalue weighted by molar-refractivity contribution is 7.47. The smallest absolute Gasteiger partial charge is 0.462 e. The lowest BCUT2D eigenvalue weighted by molar-refractivity contribution is -0.161. The average molecular weight is 1200 g/mol. The number of hydrogen-bond donors (Lipinski definition) is 3. The maximum absolute atomic E-state index is 13.0. The van der Waals surface area contributed by atoms with Crippen molar-refractivity contribution >= 4 is 39.5 Å². The Hall–Kier alpha value is -1.94. The van der Waals surface area contributed by atoms with Crippen molar-refractivity contribution in [3.63, 3.8) is 0 Å². The van der Waals surface area contributed by atoms with Gasteiger partial charge in [-0.05, 0) is 43.4 Å². The molecule has 81 heavy (non-hydrogen) atoms. The zero-order valence-corrected chi connectivity index (χ0v) is 54.0. The minimum atomic E-state index is -4.94. The first-order valence-electron chi connectivity index (χ1n) is 32.4. The molecule has 0 saturated heterocycles. The van der Waals surface area contributed by atoms with E-state index in [1.165, 1.54) is 103 Å². The number of phosphoric acid groups is 2. The molecule has 17 nitrogen and oxygen atoms in total. The summed E-state index contributed by atoms with van der Waals surface area (Å²) in [6.45, 7) is 11.6. The number of hydrogen-bond acceptors (Lipinski definition) is 15. The van der Waals surface area contributed by atoms with E-state index < -0.39 is 97.5 Å². The third-order valence-electron chi connectivity index (χ3n) is 14.5. The highest BCUT2D eigenvalue weighted by Gasteiger charge is 2.30. The molecule has 0 aliphatic heterocycles. The van der Waals surface area contributed by atoms with Crippen LogP contribution in [0, 0.1) is 17.8 Å². The van der Waals surface area contributed by atoms with Crippen molar-refractivity contribution in [2.75, 3.05) is 39.6 Å². The first-order valence-corrected chi connectivity index (χ1v) is 35.4. The summed E-state index contributed by atoms with van der Waals surface area (Å²) in [5, 5.41) is 10.5. The van der Waals surface area contributed by atoms with Gasteiger partial charge in [0, 0.05) is 25.7 Å². The molecular weight excluding hydrogens is 1080 g/mol. The lowest BCUT2D eigenvalue weighted by atomic mass is 9.99. The molecule has 0 heterocycles. The molecule has 6 atom stereocenters. The number of aliphatic hydroxyl groups is 1. The molecule has 3 N–H and O–H groups in total. The Morgan fingerprint density at radius 3 is 0.938 bits per heavy atom. The first-order chi connectivity index (χ1) is 38.8. The van der Waals surface area contributed by atoms with Gasteiger partial charge in [-0.3, -0.25) is 37.3 Å². The second-order valence-electron chi connectivity index (χ2n) is 23.6. The van der Waals surface area contributed by atoms with Crippen LogP contribution in [0.4, 0.5) is 0 Å². The first kappa shape index (κ1) is 79.1. The Morgan fingerprint density at radius 1 is 0.358 bits per heavy atom. The Bertz CT molecular complexity index is 1620. The zero-order valence-electron chi connectivity index (χ0n) is 52.2. The van der Waals surface area contributed by atoms with Crippen molar-refractivity contribution in [1.29, 1.82) is 0 Å². The summed E-state index contributed by atoms with van der Waals surface area (Å²) in [5.74, 6) is -0.0265. The van der Waals surface area contributed by atoms with E-state index >= 15 is 0 Å². The topological polar surface area (TPSA) is 237 Å². The van der Waals surface area contributed by atoms with Gasteiger partial charge in [-0.2, -0.15) is 0 Å². The van der Waals surface area contributed by atoms with Gasteiger partial charge in [-0.25, -0.2) is 9.13 Å². The van der Waals surface area contributed by atoms with Crippen LogP contribution < -0.4 is 0 Å². The molecule has 0 aliphatic rings. The summed E-state index contributed by atoms with van der Waals surface area (Å²) >= 11 is 0. The van der Waals surface area contributed by atoms with E-state index in [-0.39, 0.29) is 25.7 Å². The molecule has 0 aromatic rings. The highest BCUT2D eigenvalue weighted by atomic mass is 31.2. The molecular formula is C62H120O17P2. The minimum Gasteiger partial charge on any atom is -0.462 e. The standard InChI is InChI=1S/C62H120O17P2/c1-8-10-11-12-13-14-15-16-20-29-36-43-59(64)72-49-57(78-61(66)45-38-31-21-18-17-19-28-35-42-55(7)9-2)51-76-80(68,69)74-47-56(63)48-75-81(70,71)77-52-58(79-62(67)46-39-32-25-23-27-34-41-54(5)6)50-73-60(65)44-37-30-24-22-26-33-40-53(3)4/h53-58,63H,8-52H2,1-7H3,(H,68,69)(H,70,71)/t55?,56-,57-,58-/m1/s1. The van der Waals surface area contributed by atoms with Crippen LogP contribution in [0.2, 0.25) is 0 Å². The number of carbonyl (C=O) groups excluding carboxylic acids is 4. The quantitative estimate of drug-likeness (QED) is 0.0222. The fourth-order valence-corrected chi connectivity index (χ4v) is 10.7. The monoisotopic (exact) mass is 1200 g/mol. The van der Waals surface area contributed by atoms with Crippen molar-refractivity contribution in [2.24, 2.45) is 17.8 Å². The molecule has 0 radical (unpaired) electrons. The minimum absolute atomic E-state index is 0.101. The number of phosphoric ester groups is 2. The van der Waals surface area contributed by atoms with E-state index in [0.29, 0.717) is 37.5 Å². The molecule has 480 valence electrons. The maximum atomic E-state index is 13.0. The number of unbranched alkanes of at least 4 members (excludes halogenated alkanes) is 27. The van der Waals surface area contributed by atoms with E-state index in [4.69, 9.17) is 37.0 Å².